The molecule has 1 N–H and O–H groups in total. The van der Waals surface area contributed by atoms with Crippen LogP contribution in [0.4, 0.5) is 5.69 Å². The summed E-state index contributed by atoms with van der Waals surface area (Å²) in [5.41, 5.74) is -0.405. The molecular formula is C37H47N3O5. The third-order valence-electron chi connectivity index (χ3n) is 9.99. The van der Waals surface area contributed by atoms with Crippen LogP contribution in [0.15, 0.2) is 86.0 Å². The second kappa shape index (κ2) is 13.3. The molecular weight excluding hydrogens is 566 g/mol. The second-order valence-electron chi connectivity index (χ2n) is 13.1. The fourth-order valence-corrected chi connectivity index (χ4v) is 8.12. The van der Waals surface area contributed by atoms with Crippen molar-refractivity contribution in [1.29, 1.82) is 0 Å². The molecule has 3 heterocycles. The zero-order valence-electron chi connectivity index (χ0n) is 26.8. The number of anilines is 1. The van der Waals surface area contributed by atoms with E-state index in [1.54, 1.807) is 26.9 Å². The van der Waals surface area contributed by atoms with Crippen molar-refractivity contribution in [3.8, 4) is 0 Å². The number of hydrogen-bond acceptors (Lipinski definition) is 5. The Hall–Kier alpha value is -3.75. The molecule has 0 saturated carbocycles. The van der Waals surface area contributed by atoms with Crippen LogP contribution >= 0.6 is 0 Å². The summed E-state index contributed by atoms with van der Waals surface area (Å²) in [4.78, 5) is 49.4. The molecule has 3 amide bonds. The minimum Gasteiger partial charge on any atom is -0.394 e. The van der Waals surface area contributed by atoms with Crippen LogP contribution in [-0.2, 0) is 25.7 Å². The van der Waals surface area contributed by atoms with E-state index in [1.165, 1.54) is 0 Å². The molecule has 5 rings (SSSR count). The van der Waals surface area contributed by atoms with Gasteiger partial charge in [-0.15, -0.1) is 13.2 Å². The van der Waals surface area contributed by atoms with Crippen molar-refractivity contribution in [1.82, 2.24) is 9.80 Å². The van der Waals surface area contributed by atoms with Gasteiger partial charge in [0.2, 0.25) is 17.7 Å². The van der Waals surface area contributed by atoms with Gasteiger partial charge in [-0.3, -0.25) is 14.4 Å². The van der Waals surface area contributed by atoms with Gasteiger partial charge in [0, 0.05) is 25.3 Å². The van der Waals surface area contributed by atoms with Gasteiger partial charge in [0.15, 0.2) is 0 Å². The van der Waals surface area contributed by atoms with Gasteiger partial charge in [-0.25, -0.2) is 0 Å². The summed E-state index contributed by atoms with van der Waals surface area (Å²) < 4.78 is 7.04. The molecule has 6 atom stereocenters. The van der Waals surface area contributed by atoms with Crippen LogP contribution in [0, 0.1) is 17.8 Å². The highest BCUT2D eigenvalue weighted by molar-refractivity contribution is 6.03. The summed E-state index contributed by atoms with van der Waals surface area (Å²) in [7, 11) is 0. The van der Waals surface area contributed by atoms with E-state index in [1.807, 2.05) is 81.4 Å². The molecule has 3 saturated heterocycles. The summed E-state index contributed by atoms with van der Waals surface area (Å²) >= 11 is 0. The number of carbonyl (C=O) groups is 3. The van der Waals surface area contributed by atoms with Gasteiger partial charge < -0.3 is 24.5 Å². The highest BCUT2D eigenvalue weighted by atomic mass is 16.5. The SMILES string of the molecule is C=CCN(Cc1ccccc1)C(=O)C1N([C@@H](CO)CC(C)C)C(=O)[C@@H]2[C@H](C(=O)N(CC=C)c3ccccc3)[C@]3(CC)CCC12O3. The first-order chi connectivity index (χ1) is 21.7. The molecule has 3 aliphatic rings. The number of aliphatic hydroxyl groups is 1. The van der Waals surface area contributed by atoms with E-state index in [0.29, 0.717) is 37.9 Å². The molecule has 8 heteroatoms. The Morgan fingerprint density at radius 1 is 1.02 bits per heavy atom. The number of hydrogen-bond donors (Lipinski definition) is 1. The zero-order valence-corrected chi connectivity index (χ0v) is 26.8. The van der Waals surface area contributed by atoms with E-state index < -0.39 is 35.1 Å². The van der Waals surface area contributed by atoms with E-state index in [9.17, 15) is 19.5 Å². The Kier molecular flexibility index (Phi) is 9.65. The lowest BCUT2D eigenvalue weighted by Crippen LogP contribution is -2.59. The number of nitrogens with zero attached hydrogens (tertiary/aromatic N) is 3. The number of ether oxygens (including phenoxy) is 1. The summed E-state index contributed by atoms with van der Waals surface area (Å²) in [5, 5.41) is 10.7. The fraction of sp³-hybridized carbons (Fsp3) is 0.486. The molecule has 3 aliphatic heterocycles. The topological polar surface area (TPSA) is 90.4 Å². The van der Waals surface area contributed by atoms with Crippen molar-refractivity contribution in [2.24, 2.45) is 17.8 Å². The van der Waals surface area contributed by atoms with Gasteiger partial charge in [-0.1, -0.05) is 81.5 Å². The number of carbonyl (C=O) groups excluding carboxylic acids is 3. The Morgan fingerprint density at radius 2 is 1.67 bits per heavy atom. The molecule has 1 spiro atoms. The number of aliphatic hydroxyl groups excluding tert-OH is 1. The Balaban J connectivity index is 1.63. The fourth-order valence-electron chi connectivity index (χ4n) is 8.12. The number of likely N-dealkylation sites (tertiary alicyclic amines) is 1. The molecule has 45 heavy (non-hydrogen) atoms. The number of amides is 3. The minimum atomic E-state index is -1.19. The highest BCUT2D eigenvalue weighted by Gasteiger charge is 2.79. The lowest BCUT2D eigenvalue weighted by molar-refractivity contribution is -0.156. The van der Waals surface area contributed by atoms with Crippen LogP contribution in [0.5, 0.6) is 0 Å². The van der Waals surface area contributed by atoms with Gasteiger partial charge in [0.25, 0.3) is 0 Å². The quantitative estimate of drug-likeness (QED) is 0.304. The summed E-state index contributed by atoms with van der Waals surface area (Å²) in [5.74, 6) is -2.21. The molecule has 8 nitrogen and oxygen atoms in total. The summed E-state index contributed by atoms with van der Waals surface area (Å²) in [6, 6.07) is 17.6. The van der Waals surface area contributed by atoms with Crippen molar-refractivity contribution >= 4 is 23.4 Å². The minimum absolute atomic E-state index is 0.162. The molecule has 2 bridgehead atoms. The first-order valence-corrected chi connectivity index (χ1v) is 16.2. The molecule has 240 valence electrons. The van der Waals surface area contributed by atoms with Crippen LogP contribution < -0.4 is 4.90 Å². The summed E-state index contributed by atoms with van der Waals surface area (Å²) in [6.07, 6.45) is 5.46. The van der Waals surface area contributed by atoms with Crippen LogP contribution in [0.1, 0.15) is 52.0 Å². The molecule has 0 radical (unpaired) electrons. The smallest absolute Gasteiger partial charge is 0.249 e. The van der Waals surface area contributed by atoms with Gasteiger partial charge in [-0.2, -0.15) is 0 Å². The molecule has 3 fully saturated rings. The predicted molar refractivity (Wildman–Crippen MR) is 175 cm³/mol. The van der Waals surface area contributed by atoms with Gasteiger partial charge in [-0.05, 0) is 49.3 Å². The molecule has 2 aromatic carbocycles. The lowest BCUT2D eigenvalue weighted by atomic mass is 9.64. The van der Waals surface area contributed by atoms with Crippen LogP contribution in [0.2, 0.25) is 0 Å². The second-order valence-corrected chi connectivity index (χ2v) is 13.1. The van der Waals surface area contributed by atoms with E-state index in [-0.39, 0.29) is 43.3 Å². The van der Waals surface area contributed by atoms with Crippen LogP contribution in [0.25, 0.3) is 0 Å². The van der Waals surface area contributed by atoms with Crippen molar-refractivity contribution < 1.29 is 24.2 Å². The van der Waals surface area contributed by atoms with Crippen molar-refractivity contribution in [2.75, 3.05) is 24.6 Å². The zero-order chi connectivity index (χ0) is 32.4. The van der Waals surface area contributed by atoms with Gasteiger partial charge in [0.1, 0.15) is 11.6 Å². The summed E-state index contributed by atoms with van der Waals surface area (Å²) in [6.45, 7) is 14.5. The first kappa shape index (κ1) is 32.6. The first-order valence-electron chi connectivity index (χ1n) is 16.2. The molecule has 0 aliphatic carbocycles. The van der Waals surface area contributed by atoms with E-state index >= 15 is 0 Å². The van der Waals surface area contributed by atoms with E-state index in [4.69, 9.17) is 4.74 Å². The average molecular weight is 614 g/mol. The molecule has 2 aromatic rings. The normalized spacial score (nSPS) is 27.4. The Bertz CT molecular complexity index is 1400. The van der Waals surface area contributed by atoms with Crippen LogP contribution in [0.3, 0.4) is 0 Å². The maximum absolute atomic E-state index is 14.9. The monoisotopic (exact) mass is 613 g/mol. The largest absolute Gasteiger partial charge is 0.394 e. The predicted octanol–water partition coefficient (Wildman–Crippen LogP) is 4.98. The van der Waals surface area contributed by atoms with Crippen molar-refractivity contribution in [2.45, 2.75) is 76.3 Å². The number of fused-ring (bicyclic) bond motifs is 1. The molecule has 2 unspecified atom stereocenters. The van der Waals surface area contributed by atoms with Crippen molar-refractivity contribution in [3.63, 3.8) is 0 Å². The standard InChI is InChI=1S/C37H47N3O5/c1-6-21-38(24-27-15-11-9-12-16-27)35(44)32-37-20-19-36(8-3,45-37)30(31(37)34(43)40(32)29(25-41)23-26(4)5)33(42)39(22-7-2)28-17-13-10-14-18-28/h6-7,9-18,26,29-32,41H,1-2,8,19-25H2,3-5H3/t29-,30-,31+,32?,36+,37?/m1/s1. The van der Waals surface area contributed by atoms with Crippen LogP contribution in [-0.4, -0.2) is 75.6 Å². The highest BCUT2D eigenvalue weighted by Crippen LogP contribution is 2.65. The Morgan fingerprint density at radius 3 is 2.24 bits per heavy atom. The number of benzene rings is 2. The average Bonchev–Trinajstić information content (AvgIpc) is 3.66. The lowest BCUT2D eigenvalue weighted by Gasteiger charge is -2.40. The van der Waals surface area contributed by atoms with E-state index in [0.717, 1.165) is 5.56 Å². The number of rotatable bonds is 14. The Labute approximate surface area is 267 Å². The van der Waals surface area contributed by atoms with E-state index in [2.05, 4.69) is 13.2 Å². The number of para-hydroxylation sites is 1. The van der Waals surface area contributed by atoms with Crippen molar-refractivity contribution in [3.05, 3.63) is 91.5 Å². The third-order valence-corrected chi connectivity index (χ3v) is 9.99. The molecule has 0 aromatic heterocycles. The third kappa shape index (κ3) is 5.63. The van der Waals surface area contributed by atoms with Gasteiger partial charge >= 0.3 is 0 Å². The maximum Gasteiger partial charge on any atom is 0.249 e. The maximum atomic E-state index is 14.9. The van der Waals surface area contributed by atoms with Gasteiger partial charge in [0.05, 0.1) is 30.1 Å².